The van der Waals surface area contributed by atoms with Gasteiger partial charge in [-0.15, -0.1) is 0 Å². The van der Waals surface area contributed by atoms with Gasteiger partial charge in [-0.05, 0) is 24.1 Å². The van der Waals surface area contributed by atoms with Crippen molar-refractivity contribution in [2.24, 2.45) is 4.99 Å². The quantitative estimate of drug-likeness (QED) is 0.898. The largest absolute Gasteiger partial charge is 0.340 e. The Morgan fingerprint density at radius 2 is 2.28 bits per heavy atom. The van der Waals surface area contributed by atoms with Crippen molar-refractivity contribution in [2.75, 3.05) is 6.54 Å². The summed E-state index contributed by atoms with van der Waals surface area (Å²) in [6.07, 6.45) is 0.909. The van der Waals surface area contributed by atoms with Crippen LogP contribution in [0.1, 0.15) is 24.9 Å². The predicted octanol–water partition coefficient (Wildman–Crippen LogP) is 2.11. The first-order valence-electron chi connectivity index (χ1n) is 5.68. The van der Waals surface area contributed by atoms with Gasteiger partial charge in [0.25, 0.3) is 5.91 Å². The molecule has 4 nitrogen and oxygen atoms in total. The second-order valence-corrected chi connectivity index (χ2v) is 4.82. The van der Waals surface area contributed by atoms with Gasteiger partial charge in [-0.2, -0.15) is 0 Å². The molecule has 2 N–H and O–H groups in total. The SMILES string of the molecule is CCCN=C1NC(=O)C(c2ccc(F)cc2Br)N1. The summed E-state index contributed by atoms with van der Waals surface area (Å²) in [5, 5.41) is 5.65. The summed E-state index contributed by atoms with van der Waals surface area (Å²) in [4.78, 5) is 16.0. The van der Waals surface area contributed by atoms with Gasteiger partial charge in [-0.1, -0.05) is 28.9 Å². The van der Waals surface area contributed by atoms with Crippen molar-refractivity contribution in [3.8, 4) is 0 Å². The highest BCUT2D eigenvalue weighted by Crippen LogP contribution is 2.26. The van der Waals surface area contributed by atoms with Crippen molar-refractivity contribution in [3.05, 3.63) is 34.1 Å². The first-order valence-corrected chi connectivity index (χ1v) is 6.48. The average Bonchev–Trinajstić information content (AvgIpc) is 2.68. The van der Waals surface area contributed by atoms with Crippen LogP contribution in [0.4, 0.5) is 4.39 Å². The van der Waals surface area contributed by atoms with Gasteiger partial charge in [-0.25, -0.2) is 4.39 Å². The summed E-state index contributed by atoms with van der Waals surface area (Å²) in [7, 11) is 0. The number of aliphatic imine (C=N–C) groups is 1. The fourth-order valence-electron chi connectivity index (χ4n) is 1.69. The molecule has 1 unspecified atom stereocenters. The monoisotopic (exact) mass is 313 g/mol. The number of rotatable bonds is 3. The van der Waals surface area contributed by atoms with Crippen LogP contribution in [0.3, 0.4) is 0 Å². The van der Waals surface area contributed by atoms with Crippen LogP contribution in [0.5, 0.6) is 0 Å². The van der Waals surface area contributed by atoms with Gasteiger partial charge in [0.1, 0.15) is 11.9 Å². The number of nitrogens with zero attached hydrogens (tertiary/aromatic N) is 1. The van der Waals surface area contributed by atoms with Gasteiger partial charge in [-0.3, -0.25) is 15.1 Å². The molecule has 1 saturated heterocycles. The summed E-state index contributed by atoms with van der Waals surface area (Å²) < 4.78 is 13.6. The average molecular weight is 314 g/mol. The Labute approximate surface area is 113 Å². The molecule has 18 heavy (non-hydrogen) atoms. The first-order chi connectivity index (χ1) is 8.61. The molecule has 0 radical (unpaired) electrons. The number of guanidine groups is 1. The maximum absolute atomic E-state index is 13.0. The van der Waals surface area contributed by atoms with Crippen molar-refractivity contribution in [1.29, 1.82) is 0 Å². The van der Waals surface area contributed by atoms with Crippen molar-refractivity contribution in [1.82, 2.24) is 10.6 Å². The molecular weight excluding hydrogens is 301 g/mol. The normalized spacial score (nSPS) is 20.9. The zero-order valence-electron chi connectivity index (χ0n) is 9.84. The van der Waals surface area contributed by atoms with Crippen LogP contribution in [0.2, 0.25) is 0 Å². The number of hydrogen-bond acceptors (Lipinski definition) is 2. The second kappa shape index (κ2) is 5.48. The second-order valence-electron chi connectivity index (χ2n) is 3.96. The molecule has 1 aliphatic rings. The van der Waals surface area contributed by atoms with Gasteiger partial charge in [0.05, 0.1) is 0 Å². The minimum absolute atomic E-state index is 0.183. The fraction of sp³-hybridized carbons (Fsp3) is 0.333. The van der Waals surface area contributed by atoms with Crippen molar-refractivity contribution >= 4 is 27.8 Å². The Morgan fingerprint density at radius 1 is 1.50 bits per heavy atom. The minimum Gasteiger partial charge on any atom is -0.340 e. The highest BCUT2D eigenvalue weighted by Gasteiger charge is 2.30. The molecule has 0 bridgehead atoms. The van der Waals surface area contributed by atoms with Gasteiger partial charge >= 0.3 is 0 Å². The van der Waals surface area contributed by atoms with E-state index in [0.29, 0.717) is 22.5 Å². The van der Waals surface area contributed by atoms with E-state index in [4.69, 9.17) is 0 Å². The molecule has 0 aliphatic carbocycles. The molecule has 0 aromatic heterocycles. The first kappa shape index (κ1) is 13.0. The van der Waals surface area contributed by atoms with Crippen LogP contribution in [0.15, 0.2) is 27.7 Å². The summed E-state index contributed by atoms with van der Waals surface area (Å²) in [6.45, 7) is 2.66. The van der Waals surface area contributed by atoms with E-state index in [9.17, 15) is 9.18 Å². The van der Waals surface area contributed by atoms with Gasteiger partial charge in [0.15, 0.2) is 5.96 Å². The molecule has 0 spiro atoms. The number of amides is 1. The van der Waals surface area contributed by atoms with Crippen molar-refractivity contribution in [2.45, 2.75) is 19.4 Å². The molecular formula is C12H13BrFN3O. The van der Waals surface area contributed by atoms with E-state index in [-0.39, 0.29) is 11.7 Å². The van der Waals surface area contributed by atoms with Crippen LogP contribution < -0.4 is 10.6 Å². The van der Waals surface area contributed by atoms with Crippen LogP contribution in [-0.4, -0.2) is 18.4 Å². The van der Waals surface area contributed by atoms with Gasteiger partial charge in [0.2, 0.25) is 0 Å². The van der Waals surface area contributed by atoms with Crippen LogP contribution in [0, 0.1) is 5.82 Å². The molecule has 1 aliphatic heterocycles. The Kier molecular flexibility index (Phi) is 3.96. The number of carbonyl (C=O) groups excluding carboxylic acids is 1. The molecule has 6 heteroatoms. The predicted molar refractivity (Wildman–Crippen MR) is 70.7 cm³/mol. The van der Waals surface area contributed by atoms with Crippen molar-refractivity contribution in [3.63, 3.8) is 0 Å². The molecule has 1 fully saturated rings. The van der Waals surface area contributed by atoms with E-state index < -0.39 is 6.04 Å². The zero-order valence-corrected chi connectivity index (χ0v) is 11.4. The highest BCUT2D eigenvalue weighted by molar-refractivity contribution is 9.10. The lowest BCUT2D eigenvalue weighted by molar-refractivity contribution is -0.120. The summed E-state index contributed by atoms with van der Waals surface area (Å²) in [5.41, 5.74) is 0.690. The van der Waals surface area contributed by atoms with Crippen LogP contribution in [0.25, 0.3) is 0 Å². The molecule has 96 valence electrons. The molecule has 0 saturated carbocycles. The molecule has 1 aromatic rings. The molecule has 1 atom stereocenters. The number of carbonyl (C=O) groups is 1. The third kappa shape index (κ3) is 2.69. The summed E-state index contributed by atoms with van der Waals surface area (Å²) in [6, 6.07) is 3.72. The standard InChI is InChI=1S/C12H13BrFN3O/c1-2-5-15-12-16-10(11(18)17-12)8-4-3-7(14)6-9(8)13/h3-4,6,10H,2,5H2,1H3,(H2,15,16,17,18). The lowest BCUT2D eigenvalue weighted by Crippen LogP contribution is -2.25. The Hall–Kier alpha value is -1.43. The molecule has 1 amide bonds. The van der Waals surface area contributed by atoms with Crippen molar-refractivity contribution < 1.29 is 9.18 Å². The summed E-state index contributed by atoms with van der Waals surface area (Å²) >= 11 is 3.26. The third-order valence-corrected chi connectivity index (χ3v) is 3.24. The minimum atomic E-state index is -0.532. The van der Waals surface area contributed by atoms with E-state index in [1.54, 1.807) is 6.07 Å². The maximum atomic E-state index is 13.0. The number of benzene rings is 1. The number of halogens is 2. The smallest absolute Gasteiger partial charge is 0.253 e. The Balaban J connectivity index is 2.21. The molecule has 1 heterocycles. The highest BCUT2D eigenvalue weighted by atomic mass is 79.9. The Morgan fingerprint density at radius 3 is 2.94 bits per heavy atom. The number of nitrogens with one attached hydrogen (secondary N) is 2. The number of hydrogen-bond donors (Lipinski definition) is 2. The molecule has 1 aromatic carbocycles. The third-order valence-electron chi connectivity index (χ3n) is 2.55. The van der Waals surface area contributed by atoms with Gasteiger partial charge in [0, 0.05) is 11.0 Å². The summed E-state index contributed by atoms with van der Waals surface area (Å²) in [5.74, 6) is -0.0517. The van der Waals surface area contributed by atoms with E-state index in [1.165, 1.54) is 12.1 Å². The van der Waals surface area contributed by atoms with E-state index >= 15 is 0 Å². The lowest BCUT2D eigenvalue weighted by Gasteiger charge is -2.10. The maximum Gasteiger partial charge on any atom is 0.253 e. The van der Waals surface area contributed by atoms with E-state index in [1.807, 2.05) is 6.92 Å². The Bertz CT molecular complexity index is 504. The topological polar surface area (TPSA) is 53.5 Å². The van der Waals surface area contributed by atoms with E-state index in [0.717, 1.165) is 6.42 Å². The fourth-order valence-corrected chi connectivity index (χ4v) is 2.27. The van der Waals surface area contributed by atoms with Gasteiger partial charge < -0.3 is 5.32 Å². The van der Waals surface area contributed by atoms with Crippen LogP contribution in [-0.2, 0) is 4.79 Å². The lowest BCUT2D eigenvalue weighted by atomic mass is 10.1. The van der Waals surface area contributed by atoms with E-state index in [2.05, 4.69) is 31.6 Å². The zero-order chi connectivity index (χ0) is 13.1. The van der Waals surface area contributed by atoms with Crippen LogP contribution >= 0.6 is 15.9 Å². The molecule has 2 rings (SSSR count).